The second kappa shape index (κ2) is 3.48. The van der Waals surface area contributed by atoms with Gasteiger partial charge in [0.15, 0.2) is 5.54 Å². The fourth-order valence-electron chi connectivity index (χ4n) is 3.48. The number of hydrogen-bond donors (Lipinski definition) is 0. The van der Waals surface area contributed by atoms with Gasteiger partial charge < -0.3 is 4.74 Å². The Kier molecular flexibility index (Phi) is 2.67. The molecule has 0 amide bonds. The first kappa shape index (κ1) is 13.8. The van der Waals surface area contributed by atoms with Crippen molar-refractivity contribution in [2.24, 2.45) is 5.41 Å². The van der Waals surface area contributed by atoms with Crippen molar-refractivity contribution < 1.29 is 14.4 Å². The van der Waals surface area contributed by atoms with Gasteiger partial charge in [-0.05, 0) is 34.6 Å². The van der Waals surface area contributed by atoms with Gasteiger partial charge >= 0.3 is 5.97 Å². The maximum atomic E-state index is 12.5. The number of rotatable bonds is 2. The Morgan fingerprint density at radius 1 is 1.22 bits per heavy atom. The minimum absolute atomic E-state index is 0.153. The first-order valence-corrected chi connectivity index (χ1v) is 6.70. The number of carbonyl (C=O) groups is 1. The first-order valence-electron chi connectivity index (χ1n) is 6.70. The van der Waals surface area contributed by atoms with Crippen LogP contribution in [0.1, 0.15) is 54.9 Å². The fraction of sp³-hybridized carbons (Fsp3) is 0.929. The lowest BCUT2D eigenvalue weighted by atomic mass is 9.51. The minimum Gasteiger partial charge on any atom is -0.465 e. The fourth-order valence-corrected chi connectivity index (χ4v) is 3.48. The zero-order valence-electron chi connectivity index (χ0n) is 12.6. The highest BCUT2D eigenvalue weighted by atomic mass is 16.7. The van der Waals surface area contributed by atoms with Gasteiger partial charge in [-0.2, -0.15) is 5.06 Å². The molecule has 2 saturated heterocycles. The maximum Gasteiger partial charge on any atom is 0.329 e. The molecule has 18 heavy (non-hydrogen) atoms. The molecule has 0 N–H and O–H groups in total. The molecule has 4 heteroatoms. The topological polar surface area (TPSA) is 38.8 Å². The van der Waals surface area contributed by atoms with E-state index in [9.17, 15) is 4.79 Å². The molecule has 2 rings (SSSR count). The van der Waals surface area contributed by atoms with Crippen LogP contribution in [0.25, 0.3) is 0 Å². The summed E-state index contributed by atoms with van der Waals surface area (Å²) in [6.07, 6.45) is 0.676. The molecule has 104 valence electrons. The van der Waals surface area contributed by atoms with Crippen LogP contribution in [0.3, 0.4) is 0 Å². The Hall–Kier alpha value is -0.610. The van der Waals surface area contributed by atoms with Crippen LogP contribution in [0.2, 0.25) is 0 Å². The summed E-state index contributed by atoms with van der Waals surface area (Å²) >= 11 is 0. The number of carbonyl (C=O) groups excluding carboxylic acids is 1. The van der Waals surface area contributed by atoms with Crippen LogP contribution in [-0.4, -0.2) is 34.3 Å². The largest absolute Gasteiger partial charge is 0.465 e. The van der Waals surface area contributed by atoms with Gasteiger partial charge in [-0.1, -0.05) is 13.8 Å². The monoisotopic (exact) mass is 255 g/mol. The van der Waals surface area contributed by atoms with Gasteiger partial charge in [0, 0.05) is 17.4 Å². The van der Waals surface area contributed by atoms with E-state index in [0.29, 0.717) is 13.0 Å². The summed E-state index contributed by atoms with van der Waals surface area (Å²) in [6, 6.07) is 0. The van der Waals surface area contributed by atoms with Crippen molar-refractivity contribution in [1.29, 1.82) is 0 Å². The lowest BCUT2D eigenvalue weighted by Gasteiger charge is -2.68. The zero-order chi connectivity index (χ0) is 14.0. The molecule has 0 aromatic rings. The van der Waals surface area contributed by atoms with E-state index in [1.807, 2.05) is 25.8 Å². The van der Waals surface area contributed by atoms with Gasteiger partial charge in [-0.15, -0.1) is 0 Å². The van der Waals surface area contributed by atoms with E-state index in [1.54, 1.807) is 0 Å². The lowest BCUT2D eigenvalue weighted by Crippen LogP contribution is -2.83. The van der Waals surface area contributed by atoms with Crippen LogP contribution in [-0.2, 0) is 14.4 Å². The summed E-state index contributed by atoms with van der Waals surface area (Å²) in [4.78, 5) is 18.5. The molecule has 4 nitrogen and oxygen atoms in total. The summed E-state index contributed by atoms with van der Waals surface area (Å²) in [6.45, 7) is 14.8. The van der Waals surface area contributed by atoms with E-state index in [2.05, 4.69) is 27.7 Å². The zero-order valence-corrected chi connectivity index (χ0v) is 12.6. The number of esters is 1. The predicted molar refractivity (Wildman–Crippen MR) is 68.8 cm³/mol. The molecule has 0 saturated carbocycles. The highest BCUT2D eigenvalue weighted by Crippen LogP contribution is 2.66. The van der Waals surface area contributed by atoms with Crippen molar-refractivity contribution in [1.82, 2.24) is 5.06 Å². The third-order valence-electron chi connectivity index (χ3n) is 5.05. The molecule has 0 aromatic heterocycles. The Bertz CT molecular complexity index is 387. The van der Waals surface area contributed by atoms with E-state index < -0.39 is 5.54 Å². The molecule has 1 atom stereocenters. The molecule has 0 spiro atoms. The Labute approximate surface area is 110 Å². The summed E-state index contributed by atoms with van der Waals surface area (Å²) in [5, 5.41) is 1.87. The normalized spacial score (nSPS) is 35.7. The van der Waals surface area contributed by atoms with Crippen molar-refractivity contribution in [2.45, 2.75) is 71.6 Å². The van der Waals surface area contributed by atoms with E-state index in [-0.39, 0.29) is 22.5 Å². The van der Waals surface area contributed by atoms with Crippen LogP contribution in [0.4, 0.5) is 0 Å². The first-order chi connectivity index (χ1) is 8.03. The van der Waals surface area contributed by atoms with E-state index in [1.165, 1.54) is 0 Å². The molecule has 0 radical (unpaired) electrons. The van der Waals surface area contributed by atoms with E-state index in [0.717, 1.165) is 0 Å². The van der Waals surface area contributed by atoms with Gasteiger partial charge in [0.25, 0.3) is 0 Å². The predicted octanol–water partition coefficient (Wildman–Crippen LogP) is 2.52. The van der Waals surface area contributed by atoms with Crippen LogP contribution in [0.15, 0.2) is 0 Å². The molecule has 0 bridgehead atoms. The Morgan fingerprint density at radius 2 is 1.78 bits per heavy atom. The third-order valence-corrected chi connectivity index (χ3v) is 5.05. The summed E-state index contributed by atoms with van der Waals surface area (Å²) in [5.74, 6) is -0.153. The molecule has 2 fully saturated rings. The molecule has 0 aliphatic carbocycles. The molecule has 2 aliphatic rings. The van der Waals surface area contributed by atoms with Gasteiger partial charge in [0.05, 0.1) is 12.2 Å². The van der Waals surface area contributed by atoms with Crippen molar-refractivity contribution in [3.63, 3.8) is 0 Å². The Morgan fingerprint density at radius 3 is 2.28 bits per heavy atom. The van der Waals surface area contributed by atoms with Crippen molar-refractivity contribution in [2.75, 3.05) is 6.61 Å². The number of hydrogen-bond acceptors (Lipinski definition) is 4. The smallest absolute Gasteiger partial charge is 0.329 e. The second-order valence-electron chi connectivity index (χ2n) is 7.09. The van der Waals surface area contributed by atoms with Crippen molar-refractivity contribution in [3.8, 4) is 0 Å². The van der Waals surface area contributed by atoms with Gasteiger partial charge in [-0.25, -0.2) is 4.79 Å². The summed E-state index contributed by atoms with van der Waals surface area (Å²) in [5.41, 5.74) is -1.32. The van der Waals surface area contributed by atoms with Crippen molar-refractivity contribution in [3.05, 3.63) is 0 Å². The maximum absolute atomic E-state index is 12.5. The number of hydroxylamine groups is 2. The van der Waals surface area contributed by atoms with Gasteiger partial charge in [0.1, 0.15) is 0 Å². The second-order valence-corrected chi connectivity index (χ2v) is 7.09. The number of ether oxygens (including phenoxy) is 1. The van der Waals surface area contributed by atoms with Crippen LogP contribution in [0, 0.1) is 5.41 Å². The van der Waals surface area contributed by atoms with E-state index in [4.69, 9.17) is 9.57 Å². The van der Waals surface area contributed by atoms with E-state index >= 15 is 0 Å². The molecule has 2 heterocycles. The van der Waals surface area contributed by atoms with Gasteiger partial charge in [0.2, 0.25) is 0 Å². The van der Waals surface area contributed by atoms with Crippen molar-refractivity contribution >= 4 is 5.97 Å². The Balaban J connectivity index is 2.45. The SMILES string of the molecule is CCOC(=O)[C@]12CC(C)(C)ON1C(C)(C)C2(C)C. The highest BCUT2D eigenvalue weighted by molar-refractivity contribution is 5.85. The average Bonchev–Trinajstić information content (AvgIpc) is 2.51. The summed E-state index contributed by atoms with van der Waals surface area (Å²) in [7, 11) is 0. The summed E-state index contributed by atoms with van der Waals surface area (Å²) < 4.78 is 5.31. The average molecular weight is 255 g/mol. The van der Waals surface area contributed by atoms with Crippen LogP contribution in [0.5, 0.6) is 0 Å². The van der Waals surface area contributed by atoms with Gasteiger partial charge in [-0.3, -0.25) is 4.84 Å². The molecule has 0 unspecified atom stereocenters. The standard InChI is InChI=1S/C14H25NO3/c1-8-17-10(16)14-9-11(2,3)18-15(14)13(6,7)12(14,4)5/h8-9H2,1-7H3/t14-/m0/s1. The number of fused-ring (bicyclic) bond motifs is 1. The molecule has 0 aromatic carbocycles. The minimum atomic E-state index is -0.643. The van der Waals surface area contributed by atoms with Crippen LogP contribution < -0.4 is 0 Å². The van der Waals surface area contributed by atoms with Crippen LogP contribution >= 0.6 is 0 Å². The third kappa shape index (κ3) is 1.31. The number of nitrogens with zero attached hydrogens (tertiary/aromatic N) is 1. The molecular formula is C14H25NO3. The highest BCUT2D eigenvalue weighted by Gasteiger charge is 2.80. The quantitative estimate of drug-likeness (QED) is 0.711. The molecule has 2 aliphatic heterocycles. The lowest BCUT2D eigenvalue weighted by molar-refractivity contribution is -0.368. The molecular weight excluding hydrogens is 230 g/mol.